The van der Waals surface area contributed by atoms with Gasteiger partial charge in [-0.15, -0.1) is 0 Å². The summed E-state index contributed by atoms with van der Waals surface area (Å²) in [4.78, 5) is 8.63. The Morgan fingerprint density at radius 2 is 1.56 bits per heavy atom. The first-order valence-electron chi connectivity index (χ1n) is 7.20. The Kier molecular flexibility index (Phi) is 4.74. The van der Waals surface area contributed by atoms with Crippen molar-refractivity contribution in [2.24, 2.45) is 0 Å². The average Bonchev–Trinajstić information content (AvgIpc) is 2.61. The highest BCUT2D eigenvalue weighted by Gasteiger charge is 2.21. The molecule has 0 amide bonds. The van der Waals surface area contributed by atoms with Crippen molar-refractivity contribution < 1.29 is 14.2 Å². The molecule has 0 bridgehead atoms. The molecule has 0 aliphatic heterocycles. The van der Waals surface area contributed by atoms with E-state index in [1.165, 1.54) is 21.3 Å². The molecule has 0 radical (unpaired) electrons. The highest BCUT2D eigenvalue weighted by atomic mass is 35.5. The summed E-state index contributed by atoms with van der Waals surface area (Å²) in [5.74, 6) is 1.61. The van der Waals surface area contributed by atoms with E-state index in [0.29, 0.717) is 44.5 Å². The lowest BCUT2D eigenvalue weighted by Crippen LogP contribution is -1.98. The third-order valence-electron chi connectivity index (χ3n) is 3.72. The van der Waals surface area contributed by atoms with Crippen LogP contribution in [-0.4, -0.2) is 31.3 Å². The van der Waals surface area contributed by atoms with Gasteiger partial charge < -0.3 is 19.9 Å². The molecule has 0 unspecified atom stereocenters. The van der Waals surface area contributed by atoms with Gasteiger partial charge in [0.25, 0.3) is 0 Å². The maximum atomic E-state index is 6.47. The normalized spacial score (nSPS) is 10.8. The molecule has 2 N–H and O–H groups in total. The Balaban J connectivity index is 2.35. The fourth-order valence-electron chi connectivity index (χ4n) is 2.53. The second-order valence-corrected chi connectivity index (χ2v) is 5.89. The zero-order chi connectivity index (χ0) is 18.1. The van der Waals surface area contributed by atoms with Crippen LogP contribution in [0.1, 0.15) is 0 Å². The molecule has 130 valence electrons. The molecule has 3 aromatic rings. The van der Waals surface area contributed by atoms with E-state index < -0.39 is 0 Å². The van der Waals surface area contributed by atoms with Crippen molar-refractivity contribution >= 4 is 39.8 Å². The Bertz CT molecular complexity index is 936. The molecule has 2 heterocycles. The molecule has 0 spiro atoms. The lowest BCUT2D eigenvalue weighted by molar-refractivity contribution is 0.394. The van der Waals surface area contributed by atoms with Gasteiger partial charge in [-0.3, -0.25) is 0 Å². The number of ether oxygens (including phenoxy) is 3. The molecule has 1 aromatic carbocycles. The molecular formula is C17H15Cl2N3O3. The van der Waals surface area contributed by atoms with Gasteiger partial charge in [0.15, 0.2) is 0 Å². The number of nitrogen functional groups attached to an aromatic ring is 1. The lowest BCUT2D eigenvalue weighted by atomic mass is 10.1. The van der Waals surface area contributed by atoms with Crippen LogP contribution in [0.3, 0.4) is 0 Å². The fourth-order valence-corrected chi connectivity index (χ4v) is 3.22. The van der Waals surface area contributed by atoms with Crippen molar-refractivity contribution in [3.05, 3.63) is 34.4 Å². The number of hydrogen-bond acceptors (Lipinski definition) is 6. The van der Waals surface area contributed by atoms with Crippen molar-refractivity contribution in [2.75, 3.05) is 27.1 Å². The zero-order valence-electron chi connectivity index (χ0n) is 13.8. The standard InChI is InChI=1S/C17H15Cl2N3O3/c1-23-11-6-12(24-2)16(19)14(15(11)18)10-4-8-7-21-13(20)5-9(8)17(22-10)25-3/h4-7H,1-3H3,(H2,20,21). The Morgan fingerprint density at radius 1 is 0.920 bits per heavy atom. The summed E-state index contributed by atoms with van der Waals surface area (Å²) < 4.78 is 16.0. The summed E-state index contributed by atoms with van der Waals surface area (Å²) in [6, 6.07) is 5.12. The molecule has 0 saturated carbocycles. The van der Waals surface area contributed by atoms with E-state index in [1.807, 2.05) is 0 Å². The number of aromatic nitrogens is 2. The SMILES string of the molecule is COc1cc(OC)c(Cl)c(-c2cc3cnc(N)cc3c(OC)n2)c1Cl. The van der Waals surface area contributed by atoms with Gasteiger partial charge in [0.05, 0.1) is 37.1 Å². The number of halogens is 2. The number of nitrogens with zero attached hydrogens (tertiary/aromatic N) is 2. The van der Waals surface area contributed by atoms with Crippen LogP contribution in [0.4, 0.5) is 5.82 Å². The minimum atomic E-state index is 0.325. The molecule has 0 fully saturated rings. The van der Waals surface area contributed by atoms with Crippen LogP contribution < -0.4 is 19.9 Å². The number of fused-ring (bicyclic) bond motifs is 1. The third kappa shape index (κ3) is 2.99. The molecule has 0 atom stereocenters. The van der Waals surface area contributed by atoms with Gasteiger partial charge in [-0.1, -0.05) is 23.2 Å². The minimum absolute atomic E-state index is 0.325. The molecule has 0 aliphatic carbocycles. The van der Waals surface area contributed by atoms with Gasteiger partial charge in [0, 0.05) is 28.6 Å². The summed E-state index contributed by atoms with van der Waals surface area (Å²) in [6.45, 7) is 0. The molecule has 0 saturated heterocycles. The van der Waals surface area contributed by atoms with Crippen molar-refractivity contribution in [1.29, 1.82) is 0 Å². The average molecular weight is 380 g/mol. The second-order valence-electron chi connectivity index (χ2n) is 5.13. The van der Waals surface area contributed by atoms with Crippen LogP contribution in [0.2, 0.25) is 10.0 Å². The number of benzene rings is 1. The third-order valence-corrected chi connectivity index (χ3v) is 4.47. The predicted octanol–water partition coefficient (Wildman–Crippen LogP) is 4.21. The number of anilines is 1. The van der Waals surface area contributed by atoms with Crippen LogP contribution in [0.25, 0.3) is 22.0 Å². The van der Waals surface area contributed by atoms with Gasteiger partial charge in [0.2, 0.25) is 5.88 Å². The molecule has 6 nitrogen and oxygen atoms in total. The van der Waals surface area contributed by atoms with Gasteiger partial charge in [-0.2, -0.15) is 0 Å². The smallest absolute Gasteiger partial charge is 0.221 e. The Labute approximate surface area is 154 Å². The van der Waals surface area contributed by atoms with Gasteiger partial charge in [0.1, 0.15) is 17.3 Å². The van der Waals surface area contributed by atoms with Gasteiger partial charge >= 0.3 is 0 Å². The van der Waals surface area contributed by atoms with Crippen molar-refractivity contribution in [3.8, 4) is 28.6 Å². The second kappa shape index (κ2) is 6.82. The number of rotatable bonds is 4. The van der Waals surface area contributed by atoms with E-state index in [4.69, 9.17) is 43.1 Å². The molecule has 8 heteroatoms. The van der Waals surface area contributed by atoms with Crippen molar-refractivity contribution in [2.45, 2.75) is 0 Å². The monoisotopic (exact) mass is 379 g/mol. The van der Waals surface area contributed by atoms with Crippen LogP contribution >= 0.6 is 23.2 Å². The number of methoxy groups -OCH3 is 3. The largest absolute Gasteiger partial charge is 0.495 e. The highest BCUT2D eigenvalue weighted by Crippen LogP contribution is 2.46. The predicted molar refractivity (Wildman–Crippen MR) is 99.1 cm³/mol. The quantitative estimate of drug-likeness (QED) is 0.731. The fraction of sp³-hybridized carbons (Fsp3) is 0.176. The minimum Gasteiger partial charge on any atom is -0.495 e. The van der Waals surface area contributed by atoms with Gasteiger partial charge in [-0.25, -0.2) is 9.97 Å². The van der Waals surface area contributed by atoms with Gasteiger partial charge in [-0.05, 0) is 12.1 Å². The number of pyridine rings is 2. The van der Waals surface area contributed by atoms with Crippen LogP contribution in [0.5, 0.6) is 17.4 Å². The molecule has 2 aromatic heterocycles. The van der Waals surface area contributed by atoms with E-state index in [-0.39, 0.29) is 0 Å². The molecule has 3 rings (SSSR count). The summed E-state index contributed by atoms with van der Waals surface area (Å²) in [6.07, 6.45) is 1.64. The maximum absolute atomic E-state index is 6.47. The maximum Gasteiger partial charge on any atom is 0.221 e. The Hall–Kier alpha value is -2.44. The van der Waals surface area contributed by atoms with Crippen LogP contribution in [0.15, 0.2) is 24.4 Å². The first-order valence-corrected chi connectivity index (χ1v) is 7.96. The van der Waals surface area contributed by atoms with Crippen molar-refractivity contribution in [3.63, 3.8) is 0 Å². The summed E-state index contributed by atoms with van der Waals surface area (Å²) in [5, 5.41) is 2.17. The van der Waals surface area contributed by atoms with E-state index in [2.05, 4.69) is 9.97 Å². The molecule has 25 heavy (non-hydrogen) atoms. The first-order chi connectivity index (χ1) is 12.0. The zero-order valence-corrected chi connectivity index (χ0v) is 15.3. The topological polar surface area (TPSA) is 79.5 Å². The summed E-state index contributed by atoms with van der Waals surface area (Å²) in [7, 11) is 4.55. The summed E-state index contributed by atoms with van der Waals surface area (Å²) >= 11 is 12.9. The van der Waals surface area contributed by atoms with E-state index in [1.54, 1.807) is 24.4 Å². The van der Waals surface area contributed by atoms with E-state index in [9.17, 15) is 0 Å². The number of hydrogen-bond donors (Lipinski definition) is 1. The Morgan fingerprint density at radius 3 is 2.12 bits per heavy atom. The highest BCUT2D eigenvalue weighted by molar-refractivity contribution is 6.41. The molecular weight excluding hydrogens is 365 g/mol. The van der Waals surface area contributed by atoms with E-state index in [0.717, 1.165) is 10.8 Å². The summed E-state index contributed by atoms with van der Waals surface area (Å²) in [5.41, 5.74) is 6.74. The van der Waals surface area contributed by atoms with E-state index >= 15 is 0 Å². The first kappa shape index (κ1) is 17.4. The number of nitrogens with two attached hydrogens (primary N) is 1. The lowest BCUT2D eigenvalue weighted by Gasteiger charge is -2.15. The molecule has 0 aliphatic rings. The van der Waals surface area contributed by atoms with Crippen LogP contribution in [-0.2, 0) is 0 Å². The van der Waals surface area contributed by atoms with Crippen molar-refractivity contribution in [1.82, 2.24) is 9.97 Å². The van der Waals surface area contributed by atoms with Crippen LogP contribution in [0, 0.1) is 0 Å².